The smallest absolute Gasteiger partial charge is 0.283 e. The Morgan fingerprint density at radius 1 is 1.30 bits per heavy atom. The third-order valence-electron chi connectivity index (χ3n) is 2.04. The molecule has 0 bridgehead atoms. The molecule has 0 spiro atoms. The van der Waals surface area contributed by atoms with Crippen LogP contribution in [0.1, 0.15) is 0 Å². The Balaban J connectivity index is 2.68. The second-order valence-electron chi connectivity index (χ2n) is 2.51. The highest BCUT2D eigenvalue weighted by atomic mass is 35.7. The van der Waals surface area contributed by atoms with Gasteiger partial charge in [0.05, 0.1) is 0 Å². The van der Waals surface area contributed by atoms with Gasteiger partial charge in [0, 0.05) is 7.05 Å². The minimum absolute atomic E-state index is 0.425. The maximum absolute atomic E-state index is 6.08. The lowest BCUT2D eigenvalue weighted by molar-refractivity contribution is 0.261. The van der Waals surface area contributed by atoms with E-state index in [-0.39, 0.29) is 0 Å². The summed E-state index contributed by atoms with van der Waals surface area (Å²) in [6, 6.07) is 0. The predicted octanol–water partition coefficient (Wildman–Crippen LogP) is 1.29. The molecule has 0 aromatic heterocycles. The molecule has 0 amide bonds. The van der Waals surface area contributed by atoms with Crippen LogP contribution in [0.15, 0.2) is 0 Å². The molecule has 3 nitrogen and oxygen atoms in total. The topological polar surface area (TPSA) is 9.72 Å². The number of nitrogens with zero attached hydrogens (tertiary/aromatic N) is 3. The van der Waals surface area contributed by atoms with Crippen LogP contribution in [0.25, 0.3) is 0 Å². The van der Waals surface area contributed by atoms with Gasteiger partial charge in [0.25, 0.3) is 0 Å². The van der Waals surface area contributed by atoms with Crippen molar-refractivity contribution in [1.29, 1.82) is 0 Å². The molecule has 1 saturated heterocycles. The van der Waals surface area contributed by atoms with Crippen LogP contribution < -0.4 is 0 Å². The molecule has 1 rings (SSSR count). The molecule has 0 radical (unpaired) electrons. The molecule has 1 aliphatic rings. The van der Waals surface area contributed by atoms with E-state index in [1.54, 1.807) is 0 Å². The zero-order valence-corrected chi connectivity index (χ0v) is 8.39. The molecule has 0 aliphatic carbocycles. The highest BCUT2D eigenvalue weighted by molar-refractivity contribution is 7.81. The SMILES string of the molecule is CB1N(C)N(C)P(Cl)N1C. The fourth-order valence-corrected chi connectivity index (χ4v) is 2.86. The Morgan fingerprint density at radius 3 is 1.90 bits per heavy atom. The first-order valence-corrected chi connectivity index (χ1v) is 5.36. The summed E-state index contributed by atoms with van der Waals surface area (Å²) in [5.74, 6) is 0. The van der Waals surface area contributed by atoms with Gasteiger partial charge in [0.15, 0.2) is 0 Å². The Morgan fingerprint density at radius 2 is 1.80 bits per heavy atom. The molecule has 1 atom stereocenters. The van der Waals surface area contributed by atoms with Gasteiger partial charge in [-0.3, -0.25) is 9.50 Å². The van der Waals surface area contributed by atoms with Crippen LogP contribution in [0.3, 0.4) is 0 Å². The highest BCUT2D eigenvalue weighted by Gasteiger charge is 2.38. The molecule has 6 heteroatoms. The van der Waals surface area contributed by atoms with Crippen LogP contribution in [-0.4, -0.2) is 42.4 Å². The number of hydrogen-bond donors (Lipinski definition) is 0. The Labute approximate surface area is 68.7 Å². The number of halogens is 1. The monoisotopic (exact) mass is 179 g/mol. The molecule has 0 aromatic rings. The zero-order chi connectivity index (χ0) is 7.89. The van der Waals surface area contributed by atoms with E-state index in [0.717, 1.165) is 0 Å². The molecule has 0 N–H and O–H groups in total. The molecule has 1 fully saturated rings. The number of hydrogen-bond acceptors (Lipinski definition) is 3. The second-order valence-corrected chi connectivity index (χ2v) is 5.11. The molecular weight excluding hydrogens is 167 g/mol. The lowest BCUT2D eigenvalue weighted by atomic mass is 9.80. The molecule has 0 aromatic carbocycles. The van der Waals surface area contributed by atoms with Gasteiger partial charge < -0.3 is 0 Å². The first kappa shape index (κ1) is 8.76. The molecule has 0 saturated carbocycles. The van der Waals surface area contributed by atoms with Crippen LogP contribution in [0, 0.1) is 0 Å². The minimum Gasteiger partial charge on any atom is -0.283 e. The lowest BCUT2D eigenvalue weighted by Crippen LogP contribution is -2.39. The second kappa shape index (κ2) is 2.96. The third-order valence-corrected chi connectivity index (χ3v) is 5.02. The van der Waals surface area contributed by atoms with Gasteiger partial charge in [-0.25, -0.2) is 4.78 Å². The molecule has 58 valence electrons. The fraction of sp³-hybridized carbons (Fsp3) is 1.00. The van der Waals surface area contributed by atoms with Crippen molar-refractivity contribution < 1.29 is 0 Å². The van der Waals surface area contributed by atoms with Gasteiger partial charge in [0.2, 0.25) is 0 Å². The van der Waals surface area contributed by atoms with Crippen LogP contribution in [0.4, 0.5) is 0 Å². The summed E-state index contributed by atoms with van der Waals surface area (Å²) in [5, 5.41) is 0. The first-order chi connectivity index (χ1) is 4.55. The van der Waals surface area contributed by atoms with Crippen molar-refractivity contribution in [3.05, 3.63) is 0 Å². The summed E-state index contributed by atoms with van der Waals surface area (Å²) in [5.41, 5.74) is 0. The van der Waals surface area contributed by atoms with E-state index in [4.69, 9.17) is 11.2 Å². The van der Waals surface area contributed by atoms with Crippen LogP contribution in [0.5, 0.6) is 0 Å². The van der Waals surface area contributed by atoms with E-state index in [9.17, 15) is 0 Å². The van der Waals surface area contributed by atoms with E-state index in [1.807, 2.05) is 21.1 Å². The summed E-state index contributed by atoms with van der Waals surface area (Å²) >= 11 is 6.08. The Hall–Kier alpha value is 0.665. The van der Waals surface area contributed by atoms with E-state index in [1.165, 1.54) is 0 Å². The van der Waals surface area contributed by atoms with Crippen molar-refractivity contribution >= 4 is 25.8 Å². The van der Waals surface area contributed by atoms with Crippen LogP contribution in [0.2, 0.25) is 6.82 Å². The average molecular weight is 179 g/mol. The van der Waals surface area contributed by atoms with Gasteiger partial charge >= 0.3 is 6.98 Å². The Kier molecular flexibility index (Phi) is 2.59. The van der Waals surface area contributed by atoms with Gasteiger partial charge in [-0.05, 0) is 14.1 Å². The highest BCUT2D eigenvalue weighted by Crippen LogP contribution is 2.53. The van der Waals surface area contributed by atoms with E-state index in [0.29, 0.717) is 6.98 Å². The third kappa shape index (κ3) is 1.19. The zero-order valence-electron chi connectivity index (χ0n) is 6.74. The largest absolute Gasteiger partial charge is 0.327 e. The van der Waals surface area contributed by atoms with Gasteiger partial charge in [-0.15, -0.1) is 0 Å². The maximum atomic E-state index is 6.08. The van der Waals surface area contributed by atoms with Crippen molar-refractivity contribution in [2.45, 2.75) is 6.82 Å². The molecular formula is C4H12BClN3P. The minimum atomic E-state index is -0.601. The van der Waals surface area contributed by atoms with Crippen molar-refractivity contribution in [3.8, 4) is 0 Å². The normalized spacial score (nSPS) is 32.1. The lowest BCUT2D eigenvalue weighted by Gasteiger charge is -2.20. The first-order valence-electron chi connectivity index (χ1n) is 3.20. The van der Waals surface area contributed by atoms with Crippen molar-refractivity contribution in [3.63, 3.8) is 0 Å². The molecule has 1 heterocycles. The summed E-state index contributed by atoms with van der Waals surface area (Å²) in [7, 11) is 5.50. The quantitative estimate of drug-likeness (QED) is 0.410. The van der Waals surface area contributed by atoms with Crippen molar-refractivity contribution in [2.24, 2.45) is 0 Å². The van der Waals surface area contributed by atoms with E-state index >= 15 is 0 Å². The number of rotatable bonds is 0. The average Bonchev–Trinajstić information content (AvgIpc) is 2.07. The van der Waals surface area contributed by atoms with Crippen molar-refractivity contribution in [1.82, 2.24) is 14.3 Å². The van der Waals surface area contributed by atoms with Crippen LogP contribution in [-0.2, 0) is 0 Å². The van der Waals surface area contributed by atoms with Gasteiger partial charge in [-0.1, -0.05) is 18.1 Å². The summed E-state index contributed by atoms with van der Waals surface area (Å²) in [6.45, 7) is 2.56. The van der Waals surface area contributed by atoms with Gasteiger partial charge in [0.1, 0.15) is 7.58 Å². The summed E-state index contributed by atoms with van der Waals surface area (Å²) in [4.78, 5) is 2.14. The summed E-state index contributed by atoms with van der Waals surface area (Å²) < 4.78 is 4.23. The molecule has 1 aliphatic heterocycles. The maximum Gasteiger partial charge on any atom is 0.327 e. The van der Waals surface area contributed by atoms with E-state index in [2.05, 4.69) is 21.1 Å². The standard InChI is InChI=1S/C4H12BClN3P/c1-5-7(2)9(4)10(6)8(5)3/h1-4H3. The summed E-state index contributed by atoms with van der Waals surface area (Å²) in [6.07, 6.45) is 0. The molecule has 1 unspecified atom stereocenters. The Bertz CT molecular complexity index is 92.8. The van der Waals surface area contributed by atoms with E-state index < -0.39 is 7.58 Å². The van der Waals surface area contributed by atoms with Crippen molar-refractivity contribution in [2.75, 3.05) is 21.1 Å². The fourth-order valence-electron chi connectivity index (χ4n) is 0.942. The predicted molar refractivity (Wildman–Crippen MR) is 47.7 cm³/mol. The molecule has 10 heavy (non-hydrogen) atoms. The number of hydrazine groups is 1. The van der Waals surface area contributed by atoms with Crippen LogP contribution >= 0.6 is 18.8 Å². The van der Waals surface area contributed by atoms with Gasteiger partial charge in [-0.2, -0.15) is 0 Å².